The molecule has 0 unspecified atom stereocenters. The van der Waals surface area contributed by atoms with Crippen molar-refractivity contribution < 1.29 is 18.1 Å². The van der Waals surface area contributed by atoms with Gasteiger partial charge in [-0.3, -0.25) is 0 Å². The van der Waals surface area contributed by atoms with Gasteiger partial charge in [0.1, 0.15) is 11.6 Å². The van der Waals surface area contributed by atoms with E-state index in [0.29, 0.717) is 6.07 Å². The van der Waals surface area contributed by atoms with Gasteiger partial charge in [-0.05, 0) is 9.91 Å². The predicted octanol–water partition coefficient (Wildman–Crippen LogP) is 1.94. The number of nitrogens with zero attached hydrogens (tertiary/aromatic N) is 3. The summed E-state index contributed by atoms with van der Waals surface area (Å²) in [4.78, 5) is 12.0. The molecule has 8 heteroatoms. The number of hydrogen-bond acceptors (Lipinski definition) is 4. The maximum atomic E-state index is 12.9. The van der Waals surface area contributed by atoms with Gasteiger partial charge in [-0.25, -0.2) is 13.2 Å². The summed E-state index contributed by atoms with van der Waals surface area (Å²) in [6.07, 6.45) is -3.24. The van der Waals surface area contributed by atoms with Crippen molar-refractivity contribution in [3.8, 4) is 6.07 Å². The fraction of sp³-hybridized carbons (Fsp3) is 0.143. The fourth-order valence-electron chi connectivity index (χ4n) is 0.882. The third kappa shape index (κ3) is 2.01. The average Bonchev–Trinajstić information content (AvgIpc) is 2.16. The number of halogens is 3. The molecule has 5 nitrogen and oxygen atoms in total. The lowest BCUT2D eigenvalue weighted by atomic mass is 10.2. The molecule has 0 aliphatic carbocycles. The van der Waals surface area contributed by atoms with Crippen LogP contribution in [0.2, 0.25) is 0 Å². The summed E-state index contributed by atoms with van der Waals surface area (Å²) in [5, 5.41) is 18.5. The molecule has 1 rings (SSSR count). The normalized spacial score (nSPS) is 10.1. The number of nitriles is 1. The molecule has 0 saturated carbocycles. The van der Waals surface area contributed by atoms with E-state index >= 15 is 0 Å². The van der Waals surface area contributed by atoms with Crippen molar-refractivity contribution in [3.63, 3.8) is 0 Å². The summed E-state index contributed by atoms with van der Waals surface area (Å²) in [6, 6.07) is 1.50. The number of nitro groups is 1. The standard InChI is InChI=1S/C7H2F3N3O2/c8-4-1-5(13(14)15)12-6(7(9)10)3(4)2-11/h1,7H. The Bertz CT molecular complexity index is 456. The molecule has 1 aromatic rings. The van der Waals surface area contributed by atoms with E-state index in [1.807, 2.05) is 0 Å². The summed E-state index contributed by atoms with van der Waals surface area (Å²) < 4.78 is 37.4. The maximum Gasteiger partial charge on any atom is 0.366 e. The van der Waals surface area contributed by atoms with Gasteiger partial charge in [0, 0.05) is 0 Å². The van der Waals surface area contributed by atoms with Crippen molar-refractivity contribution >= 4 is 5.82 Å². The molecule has 0 aromatic carbocycles. The second kappa shape index (κ2) is 3.91. The first-order valence-corrected chi connectivity index (χ1v) is 3.50. The molecule has 78 valence electrons. The van der Waals surface area contributed by atoms with Gasteiger partial charge in [-0.15, -0.1) is 0 Å². The first-order chi connectivity index (χ1) is 6.97. The largest absolute Gasteiger partial charge is 0.366 e. The molecule has 0 aliphatic heterocycles. The van der Waals surface area contributed by atoms with Crippen molar-refractivity contribution in [2.45, 2.75) is 6.43 Å². The van der Waals surface area contributed by atoms with E-state index in [1.54, 1.807) is 0 Å². The van der Waals surface area contributed by atoms with Gasteiger partial charge < -0.3 is 10.1 Å². The van der Waals surface area contributed by atoms with Crippen molar-refractivity contribution in [1.82, 2.24) is 4.98 Å². The van der Waals surface area contributed by atoms with Crippen LogP contribution in [0.3, 0.4) is 0 Å². The zero-order valence-electron chi connectivity index (χ0n) is 6.95. The van der Waals surface area contributed by atoms with E-state index in [2.05, 4.69) is 4.98 Å². The second-order valence-electron chi connectivity index (χ2n) is 2.39. The van der Waals surface area contributed by atoms with E-state index in [4.69, 9.17) is 5.26 Å². The van der Waals surface area contributed by atoms with Crippen molar-refractivity contribution in [2.24, 2.45) is 0 Å². The predicted molar refractivity (Wildman–Crippen MR) is 40.5 cm³/mol. The maximum absolute atomic E-state index is 12.9. The number of alkyl halides is 2. The average molecular weight is 217 g/mol. The molecule has 0 saturated heterocycles. The summed E-state index contributed by atoms with van der Waals surface area (Å²) in [5.74, 6) is -2.43. The van der Waals surface area contributed by atoms with Crippen LogP contribution in [0.25, 0.3) is 0 Å². The molecule has 0 atom stereocenters. The molecule has 0 bridgehead atoms. The number of pyridine rings is 1. The summed E-state index contributed by atoms with van der Waals surface area (Å²) in [6.45, 7) is 0. The van der Waals surface area contributed by atoms with Gasteiger partial charge >= 0.3 is 12.2 Å². The Morgan fingerprint density at radius 2 is 2.20 bits per heavy atom. The van der Waals surface area contributed by atoms with Gasteiger partial charge in [0.25, 0.3) is 0 Å². The minimum absolute atomic E-state index is 0.324. The van der Waals surface area contributed by atoms with Crippen LogP contribution >= 0.6 is 0 Å². The van der Waals surface area contributed by atoms with E-state index in [-0.39, 0.29) is 0 Å². The first kappa shape index (κ1) is 10.9. The summed E-state index contributed by atoms with van der Waals surface area (Å²) in [5.41, 5.74) is -2.19. The topological polar surface area (TPSA) is 79.8 Å². The van der Waals surface area contributed by atoms with Crippen LogP contribution in [-0.2, 0) is 0 Å². The second-order valence-corrected chi connectivity index (χ2v) is 2.39. The van der Waals surface area contributed by atoms with E-state index in [9.17, 15) is 23.3 Å². The smallest absolute Gasteiger partial charge is 0.358 e. The Balaban J connectivity index is 3.47. The summed E-state index contributed by atoms with van der Waals surface area (Å²) in [7, 11) is 0. The van der Waals surface area contributed by atoms with Crippen molar-refractivity contribution in [3.05, 3.63) is 33.3 Å². The molecule has 0 fully saturated rings. The highest BCUT2D eigenvalue weighted by atomic mass is 19.3. The Morgan fingerprint density at radius 3 is 2.60 bits per heavy atom. The zero-order chi connectivity index (χ0) is 11.6. The number of hydrogen-bond donors (Lipinski definition) is 0. The number of rotatable bonds is 2. The van der Waals surface area contributed by atoms with E-state index in [0.717, 1.165) is 0 Å². The molecule has 0 N–H and O–H groups in total. The molecule has 15 heavy (non-hydrogen) atoms. The number of aromatic nitrogens is 1. The monoisotopic (exact) mass is 217 g/mol. The Morgan fingerprint density at radius 1 is 1.60 bits per heavy atom. The highest BCUT2D eigenvalue weighted by Crippen LogP contribution is 2.25. The highest BCUT2D eigenvalue weighted by molar-refractivity contribution is 5.39. The third-order valence-electron chi connectivity index (χ3n) is 1.49. The molecular formula is C7H2F3N3O2. The first-order valence-electron chi connectivity index (χ1n) is 3.50. The Kier molecular flexibility index (Phi) is 2.85. The van der Waals surface area contributed by atoms with E-state index < -0.39 is 34.2 Å². The molecule has 1 aromatic heterocycles. The van der Waals surface area contributed by atoms with Gasteiger partial charge in [-0.2, -0.15) is 5.26 Å². The van der Waals surface area contributed by atoms with Crippen molar-refractivity contribution in [2.75, 3.05) is 0 Å². The quantitative estimate of drug-likeness (QED) is 0.560. The van der Waals surface area contributed by atoms with E-state index in [1.165, 1.54) is 6.07 Å². The molecule has 0 amide bonds. The van der Waals surface area contributed by atoms with Crippen LogP contribution < -0.4 is 0 Å². The van der Waals surface area contributed by atoms with Crippen LogP contribution in [0, 0.1) is 27.3 Å². The lowest BCUT2D eigenvalue weighted by molar-refractivity contribution is -0.389. The highest BCUT2D eigenvalue weighted by Gasteiger charge is 2.27. The lowest BCUT2D eigenvalue weighted by Gasteiger charge is -1.99. The summed E-state index contributed by atoms with van der Waals surface area (Å²) >= 11 is 0. The molecule has 0 radical (unpaired) electrons. The molecule has 0 aliphatic rings. The van der Waals surface area contributed by atoms with Crippen LogP contribution in [0.4, 0.5) is 19.0 Å². The minimum atomic E-state index is -3.24. The van der Waals surface area contributed by atoms with Crippen LogP contribution in [0.15, 0.2) is 6.07 Å². The fourth-order valence-corrected chi connectivity index (χ4v) is 0.882. The van der Waals surface area contributed by atoms with Gasteiger partial charge in [0.15, 0.2) is 5.82 Å². The SMILES string of the molecule is N#Cc1c(F)cc([N+](=O)[O-])nc1C(F)F. The van der Waals surface area contributed by atoms with Crippen LogP contribution in [0.1, 0.15) is 17.7 Å². The Hall–Kier alpha value is -2.17. The van der Waals surface area contributed by atoms with Crippen LogP contribution in [-0.4, -0.2) is 9.91 Å². The molecule has 0 spiro atoms. The molecular weight excluding hydrogens is 215 g/mol. The van der Waals surface area contributed by atoms with Gasteiger partial charge in [0.05, 0.1) is 6.07 Å². The minimum Gasteiger partial charge on any atom is -0.358 e. The van der Waals surface area contributed by atoms with Gasteiger partial charge in [-0.1, -0.05) is 0 Å². The zero-order valence-corrected chi connectivity index (χ0v) is 6.95. The lowest BCUT2D eigenvalue weighted by Crippen LogP contribution is -2.03. The van der Waals surface area contributed by atoms with Crippen LogP contribution in [0.5, 0.6) is 0 Å². The van der Waals surface area contributed by atoms with Crippen molar-refractivity contribution in [1.29, 1.82) is 5.26 Å². The van der Waals surface area contributed by atoms with Gasteiger partial charge in [0.2, 0.25) is 5.69 Å². The molecule has 1 heterocycles. The Labute approximate surface area is 80.9 Å². The third-order valence-corrected chi connectivity index (χ3v) is 1.49.